The Kier molecular flexibility index (Phi) is 3.62. The van der Waals surface area contributed by atoms with E-state index in [1.165, 1.54) is 11.9 Å². The molecule has 0 N–H and O–H groups in total. The Bertz CT molecular complexity index is 623. The van der Waals surface area contributed by atoms with Gasteiger partial charge in [0.1, 0.15) is 6.33 Å². The van der Waals surface area contributed by atoms with Gasteiger partial charge in [-0.1, -0.05) is 37.3 Å². The first-order chi connectivity index (χ1) is 10.2. The first-order valence-corrected chi connectivity index (χ1v) is 7.42. The van der Waals surface area contributed by atoms with Crippen molar-refractivity contribution in [2.45, 2.75) is 31.6 Å². The number of benzene rings is 1. The number of aryl methyl sites for hydroxylation is 1. The highest BCUT2D eigenvalue weighted by Crippen LogP contribution is 2.48. The number of hydrogen-bond donors (Lipinski definition) is 0. The Labute approximate surface area is 124 Å². The lowest BCUT2D eigenvalue weighted by molar-refractivity contribution is 0.578. The van der Waals surface area contributed by atoms with E-state index in [0.29, 0.717) is 17.9 Å². The van der Waals surface area contributed by atoms with Crippen LogP contribution in [-0.2, 0) is 11.8 Å². The van der Waals surface area contributed by atoms with Gasteiger partial charge in [0.2, 0.25) is 0 Å². The second kappa shape index (κ2) is 5.43. The summed E-state index contributed by atoms with van der Waals surface area (Å²) in [5.74, 6) is 0.121. The Morgan fingerprint density at radius 1 is 1.19 bits per heavy atom. The SMILES string of the molecule is CCc1ncnc(N(C)CC2(c3ccccc3)CC2)c1F. The molecule has 1 aromatic heterocycles. The molecule has 110 valence electrons. The summed E-state index contributed by atoms with van der Waals surface area (Å²) in [4.78, 5) is 10.1. The van der Waals surface area contributed by atoms with Gasteiger partial charge in [-0.15, -0.1) is 0 Å². The number of anilines is 1. The van der Waals surface area contributed by atoms with Crippen LogP contribution >= 0.6 is 0 Å². The minimum Gasteiger partial charge on any atom is -0.356 e. The number of hydrogen-bond acceptors (Lipinski definition) is 3. The van der Waals surface area contributed by atoms with E-state index in [4.69, 9.17) is 0 Å². The van der Waals surface area contributed by atoms with Crippen molar-refractivity contribution in [1.82, 2.24) is 9.97 Å². The molecule has 0 unspecified atom stereocenters. The molecule has 3 rings (SSSR count). The van der Waals surface area contributed by atoms with E-state index in [2.05, 4.69) is 34.2 Å². The molecule has 4 heteroatoms. The highest BCUT2D eigenvalue weighted by molar-refractivity contribution is 5.43. The van der Waals surface area contributed by atoms with Crippen LogP contribution in [0.15, 0.2) is 36.7 Å². The van der Waals surface area contributed by atoms with Crippen LogP contribution in [-0.4, -0.2) is 23.6 Å². The molecular formula is C17H20FN3. The minimum atomic E-state index is -0.286. The molecule has 0 amide bonds. The normalized spacial score (nSPS) is 15.8. The predicted octanol–water partition coefficient (Wildman–Crippen LogP) is 3.35. The second-order valence-electron chi connectivity index (χ2n) is 5.81. The molecule has 3 nitrogen and oxygen atoms in total. The maximum absolute atomic E-state index is 14.4. The van der Waals surface area contributed by atoms with E-state index in [-0.39, 0.29) is 11.2 Å². The van der Waals surface area contributed by atoms with Crippen molar-refractivity contribution in [3.63, 3.8) is 0 Å². The summed E-state index contributed by atoms with van der Waals surface area (Å²) in [7, 11) is 1.91. The maximum atomic E-state index is 14.4. The van der Waals surface area contributed by atoms with E-state index in [1.807, 2.05) is 24.9 Å². The lowest BCUT2D eigenvalue weighted by Gasteiger charge is -2.25. The van der Waals surface area contributed by atoms with Gasteiger partial charge in [0.05, 0.1) is 5.69 Å². The van der Waals surface area contributed by atoms with Crippen LogP contribution in [0.5, 0.6) is 0 Å². The van der Waals surface area contributed by atoms with Crippen molar-refractivity contribution in [2.75, 3.05) is 18.5 Å². The van der Waals surface area contributed by atoms with Gasteiger partial charge >= 0.3 is 0 Å². The zero-order valence-electron chi connectivity index (χ0n) is 12.5. The molecule has 1 fully saturated rings. The van der Waals surface area contributed by atoms with Crippen LogP contribution in [0.2, 0.25) is 0 Å². The third-order valence-electron chi connectivity index (χ3n) is 4.32. The van der Waals surface area contributed by atoms with Crippen LogP contribution in [0.1, 0.15) is 31.0 Å². The molecule has 0 aliphatic heterocycles. The van der Waals surface area contributed by atoms with Crippen molar-refractivity contribution < 1.29 is 4.39 Å². The molecule has 1 heterocycles. The highest BCUT2D eigenvalue weighted by atomic mass is 19.1. The summed E-state index contributed by atoms with van der Waals surface area (Å²) in [6.45, 7) is 2.69. The standard InChI is InChI=1S/C17H20FN3/c1-3-14-15(18)16(20-12-19-14)21(2)11-17(9-10-17)13-7-5-4-6-8-13/h4-8,12H,3,9-11H2,1-2H3. The van der Waals surface area contributed by atoms with Crippen LogP contribution < -0.4 is 4.90 Å². The predicted molar refractivity (Wildman–Crippen MR) is 82.0 cm³/mol. The Hall–Kier alpha value is -1.97. The summed E-state index contributed by atoms with van der Waals surface area (Å²) >= 11 is 0. The van der Waals surface area contributed by atoms with Gasteiger partial charge in [-0.3, -0.25) is 0 Å². The van der Waals surface area contributed by atoms with Gasteiger partial charge in [-0.25, -0.2) is 14.4 Å². The average molecular weight is 285 g/mol. The number of likely N-dealkylation sites (N-methyl/N-ethyl adjacent to an activating group) is 1. The van der Waals surface area contributed by atoms with Gasteiger partial charge in [0, 0.05) is 19.0 Å². The molecule has 21 heavy (non-hydrogen) atoms. The number of nitrogens with zero attached hydrogens (tertiary/aromatic N) is 3. The van der Waals surface area contributed by atoms with Crippen LogP contribution in [0, 0.1) is 5.82 Å². The molecule has 0 bridgehead atoms. The summed E-state index contributed by atoms with van der Waals surface area (Å²) in [5, 5.41) is 0. The van der Waals surface area contributed by atoms with Gasteiger partial charge < -0.3 is 4.90 Å². The second-order valence-corrected chi connectivity index (χ2v) is 5.81. The zero-order valence-corrected chi connectivity index (χ0v) is 12.5. The van der Waals surface area contributed by atoms with Gasteiger partial charge in [-0.05, 0) is 24.8 Å². The van der Waals surface area contributed by atoms with E-state index in [0.717, 1.165) is 19.4 Å². The van der Waals surface area contributed by atoms with Crippen molar-refractivity contribution in [3.8, 4) is 0 Å². The van der Waals surface area contributed by atoms with Crippen LogP contribution in [0.4, 0.5) is 10.2 Å². The van der Waals surface area contributed by atoms with Crippen molar-refractivity contribution in [2.24, 2.45) is 0 Å². The number of aromatic nitrogens is 2. The zero-order chi connectivity index (χ0) is 14.9. The molecule has 1 aliphatic carbocycles. The third kappa shape index (κ3) is 2.62. The Morgan fingerprint density at radius 2 is 1.90 bits per heavy atom. The van der Waals surface area contributed by atoms with Crippen molar-refractivity contribution in [3.05, 3.63) is 53.7 Å². The maximum Gasteiger partial charge on any atom is 0.187 e. The minimum absolute atomic E-state index is 0.153. The third-order valence-corrected chi connectivity index (χ3v) is 4.32. The van der Waals surface area contributed by atoms with Crippen molar-refractivity contribution in [1.29, 1.82) is 0 Å². The van der Waals surface area contributed by atoms with Crippen LogP contribution in [0.25, 0.3) is 0 Å². The fraction of sp³-hybridized carbons (Fsp3) is 0.412. The monoisotopic (exact) mass is 285 g/mol. The molecule has 1 saturated carbocycles. The average Bonchev–Trinajstić information content (AvgIpc) is 3.29. The summed E-state index contributed by atoms with van der Waals surface area (Å²) in [6, 6.07) is 10.5. The lowest BCUT2D eigenvalue weighted by atomic mass is 9.95. The van der Waals surface area contributed by atoms with E-state index >= 15 is 0 Å². The Morgan fingerprint density at radius 3 is 2.52 bits per heavy atom. The van der Waals surface area contributed by atoms with Gasteiger partial charge in [-0.2, -0.15) is 0 Å². The summed E-state index contributed by atoms with van der Waals surface area (Å²) in [5.41, 5.74) is 1.97. The molecular weight excluding hydrogens is 265 g/mol. The molecule has 0 radical (unpaired) electrons. The number of rotatable bonds is 5. The quantitative estimate of drug-likeness (QED) is 0.843. The Balaban J connectivity index is 1.83. The number of halogens is 1. The van der Waals surface area contributed by atoms with Crippen molar-refractivity contribution >= 4 is 5.82 Å². The van der Waals surface area contributed by atoms with Gasteiger partial charge in [0.25, 0.3) is 0 Å². The summed E-state index contributed by atoms with van der Waals surface area (Å²) in [6.07, 6.45) is 4.33. The highest BCUT2D eigenvalue weighted by Gasteiger charge is 2.45. The lowest BCUT2D eigenvalue weighted by Crippen LogP contribution is -2.30. The fourth-order valence-electron chi connectivity index (χ4n) is 2.92. The van der Waals surface area contributed by atoms with E-state index in [1.54, 1.807) is 0 Å². The molecule has 1 aromatic carbocycles. The fourth-order valence-corrected chi connectivity index (χ4v) is 2.92. The first-order valence-electron chi connectivity index (χ1n) is 7.42. The van der Waals surface area contributed by atoms with E-state index < -0.39 is 0 Å². The molecule has 0 saturated heterocycles. The molecule has 0 atom stereocenters. The topological polar surface area (TPSA) is 29.0 Å². The first kappa shape index (κ1) is 14.0. The smallest absolute Gasteiger partial charge is 0.187 e. The molecule has 0 spiro atoms. The van der Waals surface area contributed by atoms with E-state index in [9.17, 15) is 4.39 Å². The largest absolute Gasteiger partial charge is 0.356 e. The van der Waals surface area contributed by atoms with Gasteiger partial charge in [0.15, 0.2) is 11.6 Å². The van der Waals surface area contributed by atoms with Crippen LogP contribution in [0.3, 0.4) is 0 Å². The summed E-state index contributed by atoms with van der Waals surface area (Å²) < 4.78 is 14.4. The molecule has 1 aliphatic rings. The molecule has 2 aromatic rings.